The van der Waals surface area contributed by atoms with Crippen LogP contribution in [-0.4, -0.2) is 4.92 Å². The average molecular weight is 398 g/mol. The molecule has 1 aliphatic heterocycles. The number of allylic oxidation sites excluding steroid dienone is 2. The Bertz CT molecular complexity index is 1090. The number of hydrogen-bond acceptors (Lipinski definition) is 4. The number of nitro groups is 1. The van der Waals surface area contributed by atoms with Crippen LogP contribution < -0.4 is 10.1 Å². The number of rotatable bonds is 5. The van der Waals surface area contributed by atoms with E-state index in [1.54, 1.807) is 12.1 Å². The molecule has 1 aliphatic carbocycles. The molecule has 3 atom stereocenters. The van der Waals surface area contributed by atoms with E-state index in [-0.39, 0.29) is 22.6 Å². The first kappa shape index (κ1) is 18.4. The third kappa shape index (κ3) is 3.43. The van der Waals surface area contributed by atoms with Gasteiger partial charge >= 0.3 is 0 Å². The maximum atomic E-state index is 11.2. The Morgan fingerprint density at radius 3 is 2.60 bits per heavy atom. The van der Waals surface area contributed by atoms with Crippen molar-refractivity contribution in [3.63, 3.8) is 0 Å². The Hall–Kier alpha value is -3.60. The van der Waals surface area contributed by atoms with Crippen molar-refractivity contribution < 1.29 is 9.66 Å². The van der Waals surface area contributed by atoms with Crippen molar-refractivity contribution in [1.29, 1.82) is 0 Å². The zero-order valence-electron chi connectivity index (χ0n) is 16.4. The van der Waals surface area contributed by atoms with Gasteiger partial charge < -0.3 is 10.1 Å². The Balaban J connectivity index is 1.36. The van der Waals surface area contributed by atoms with Crippen molar-refractivity contribution in [3.8, 4) is 5.75 Å². The number of benzene rings is 3. The van der Waals surface area contributed by atoms with E-state index < -0.39 is 0 Å². The van der Waals surface area contributed by atoms with Crippen molar-refractivity contribution in [1.82, 2.24) is 0 Å². The predicted octanol–water partition coefficient (Wildman–Crippen LogP) is 6.00. The van der Waals surface area contributed by atoms with E-state index in [4.69, 9.17) is 4.74 Å². The molecule has 5 heteroatoms. The first-order valence-electron chi connectivity index (χ1n) is 10.2. The molecule has 0 amide bonds. The number of non-ortho nitro benzene ring substituents is 1. The van der Waals surface area contributed by atoms with Gasteiger partial charge in [0.1, 0.15) is 12.4 Å². The van der Waals surface area contributed by atoms with Gasteiger partial charge in [0.2, 0.25) is 0 Å². The largest absolute Gasteiger partial charge is 0.489 e. The molecule has 0 radical (unpaired) electrons. The average Bonchev–Trinajstić information content (AvgIpc) is 3.28. The normalized spacial score (nSPS) is 21.4. The fourth-order valence-corrected chi connectivity index (χ4v) is 4.54. The van der Waals surface area contributed by atoms with E-state index in [1.165, 1.54) is 5.56 Å². The van der Waals surface area contributed by atoms with Crippen LogP contribution in [0.4, 0.5) is 11.4 Å². The Morgan fingerprint density at radius 2 is 1.83 bits per heavy atom. The van der Waals surface area contributed by atoms with Crippen LogP contribution in [0.1, 0.15) is 35.1 Å². The SMILES string of the molecule is O=[N+]([O-])c1ccc2c(c1)C1C=CCC1C(c1ccc(OCc3ccccc3)cc1)N2. The number of nitrogens with one attached hydrogen (secondary N) is 1. The molecule has 0 spiro atoms. The van der Waals surface area contributed by atoms with Crippen LogP contribution in [-0.2, 0) is 6.61 Å². The molecule has 5 rings (SSSR count). The highest BCUT2D eigenvalue weighted by Crippen LogP contribution is 2.50. The molecule has 0 bridgehead atoms. The van der Waals surface area contributed by atoms with Crippen molar-refractivity contribution >= 4 is 11.4 Å². The zero-order chi connectivity index (χ0) is 20.5. The topological polar surface area (TPSA) is 64.4 Å². The first-order valence-corrected chi connectivity index (χ1v) is 10.2. The van der Waals surface area contributed by atoms with Crippen LogP contribution in [0.2, 0.25) is 0 Å². The van der Waals surface area contributed by atoms with Gasteiger partial charge in [-0.2, -0.15) is 0 Å². The third-order valence-corrected chi connectivity index (χ3v) is 6.04. The number of fused-ring (bicyclic) bond motifs is 3. The number of nitro benzene ring substituents is 1. The molecule has 2 aliphatic rings. The second-order valence-corrected chi connectivity index (χ2v) is 7.85. The van der Waals surface area contributed by atoms with E-state index >= 15 is 0 Å². The van der Waals surface area contributed by atoms with Gasteiger partial charge in [0.05, 0.1) is 11.0 Å². The molecule has 5 nitrogen and oxygen atoms in total. The predicted molar refractivity (Wildman–Crippen MR) is 117 cm³/mol. The lowest BCUT2D eigenvalue weighted by molar-refractivity contribution is -0.384. The summed E-state index contributed by atoms with van der Waals surface area (Å²) in [5.74, 6) is 1.38. The van der Waals surface area contributed by atoms with Crippen LogP contribution in [0, 0.1) is 16.0 Å². The van der Waals surface area contributed by atoms with Crippen molar-refractivity contribution in [2.24, 2.45) is 5.92 Å². The van der Waals surface area contributed by atoms with Crippen LogP contribution in [0.15, 0.2) is 84.9 Å². The van der Waals surface area contributed by atoms with Crippen molar-refractivity contribution in [3.05, 3.63) is 112 Å². The van der Waals surface area contributed by atoms with Gasteiger partial charge in [0.25, 0.3) is 5.69 Å². The van der Waals surface area contributed by atoms with Crippen LogP contribution >= 0.6 is 0 Å². The maximum absolute atomic E-state index is 11.2. The van der Waals surface area contributed by atoms with Gasteiger partial charge in [-0.3, -0.25) is 10.1 Å². The maximum Gasteiger partial charge on any atom is 0.269 e. The van der Waals surface area contributed by atoms with E-state index in [2.05, 4.69) is 41.7 Å². The standard InChI is InChI=1S/C25H22N2O3/c28-27(29)19-11-14-24-23(15-19)21-7-4-8-22(21)25(26-24)18-9-12-20(13-10-18)30-16-17-5-2-1-3-6-17/h1-7,9-15,21-22,25-26H,8,16H2. The minimum absolute atomic E-state index is 0.146. The highest BCUT2D eigenvalue weighted by molar-refractivity contribution is 5.63. The van der Waals surface area contributed by atoms with Crippen molar-refractivity contribution in [2.75, 3.05) is 5.32 Å². The summed E-state index contributed by atoms with van der Waals surface area (Å²) in [5, 5.41) is 14.8. The summed E-state index contributed by atoms with van der Waals surface area (Å²) in [6.07, 6.45) is 5.34. The van der Waals surface area contributed by atoms with Crippen LogP contribution in [0.3, 0.4) is 0 Å². The first-order chi connectivity index (χ1) is 14.7. The van der Waals surface area contributed by atoms with Gasteiger partial charge in [0, 0.05) is 23.7 Å². The van der Waals surface area contributed by atoms with E-state index in [0.29, 0.717) is 12.5 Å². The Labute approximate surface area is 175 Å². The lowest BCUT2D eigenvalue weighted by Gasteiger charge is -2.37. The quantitative estimate of drug-likeness (QED) is 0.325. The van der Waals surface area contributed by atoms with Gasteiger partial charge in [0.15, 0.2) is 0 Å². The molecule has 0 saturated carbocycles. The monoisotopic (exact) mass is 398 g/mol. The summed E-state index contributed by atoms with van der Waals surface area (Å²) in [6.45, 7) is 0.544. The summed E-state index contributed by atoms with van der Waals surface area (Å²) < 4.78 is 5.92. The summed E-state index contributed by atoms with van der Waals surface area (Å²) in [6, 6.07) is 23.7. The van der Waals surface area contributed by atoms with Gasteiger partial charge in [-0.15, -0.1) is 0 Å². The number of nitrogens with zero attached hydrogens (tertiary/aromatic N) is 1. The molecule has 3 aromatic rings. The third-order valence-electron chi connectivity index (χ3n) is 6.04. The van der Waals surface area contributed by atoms with Crippen LogP contribution in [0.5, 0.6) is 5.75 Å². The summed E-state index contributed by atoms with van der Waals surface area (Å²) in [4.78, 5) is 10.9. The molecule has 3 aromatic carbocycles. The van der Waals surface area contributed by atoms with E-state index in [1.807, 2.05) is 36.4 Å². The Kier molecular flexibility index (Phi) is 4.71. The highest BCUT2D eigenvalue weighted by atomic mass is 16.6. The molecule has 0 saturated heterocycles. The molecular formula is C25H22N2O3. The minimum Gasteiger partial charge on any atom is -0.489 e. The lowest BCUT2D eigenvalue weighted by Crippen LogP contribution is -2.29. The Morgan fingerprint density at radius 1 is 1.03 bits per heavy atom. The molecule has 0 fully saturated rings. The smallest absolute Gasteiger partial charge is 0.269 e. The van der Waals surface area contributed by atoms with Gasteiger partial charge in [-0.25, -0.2) is 0 Å². The molecule has 150 valence electrons. The fourth-order valence-electron chi connectivity index (χ4n) is 4.54. The molecule has 0 aromatic heterocycles. The second kappa shape index (κ2) is 7.67. The summed E-state index contributed by atoms with van der Waals surface area (Å²) >= 11 is 0. The van der Waals surface area contributed by atoms with E-state index in [0.717, 1.165) is 29.0 Å². The highest BCUT2D eigenvalue weighted by Gasteiger charge is 2.38. The molecule has 1 heterocycles. The molecule has 3 unspecified atom stereocenters. The van der Waals surface area contributed by atoms with Gasteiger partial charge in [-0.1, -0.05) is 54.6 Å². The molecular weight excluding hydrogens is 376 g/mol. The summed E-state index contributed by atoms with van der Waals surface area (Å²) in [7, 11) is 0. The summed E-state index contributed by atoms with van der Waals surface area (Å²) in [5.41, 5.74) is 4.48. The lowest BCUT2D eigenvalue weighted by atomic mass is 9.77. The molecule has 30 heavy (non-hydrogen) atoms. The van der Waals surface area contributed by atoms with Crippen molar-refractivity contribution in [2.45, 2.75) is 25.0 Å². The number of hydrogen-bond donors (Lipinski definition) is 1. The molecule has 1 N–H and O–H groups in total. The zero-order valence-corrected chi connectivity index (χ0v) is 16.4. The second-order valence-electron chi connectivity index (χ2n) is 7.85. The van der Waals surface area contributed by atoms with E-state index in [9.17, 15) is 10.1 Å². The van der Waals surface area contributed by atoms with Gasteiger partial charge in [-0.05, 0) is 47.2 Å². The minimum atomic E-state index is -0.325. The number of ether oxygens (including phenoxy) is 1. The fraction of sp³-hybridized carbons (Fsp3) is 0.200. The number of anilines is 1. The van der Waals surface area contributed by atoms with Crippen LogP contribution in [0.25, 0.3) is 0 Å².